The van der Waals surface area contributed by atoms with E-state index >= 15 is 0 Å². The van der Waals surface area contributed by atoms with E-state index in [0.717, 1.165) is 37.4 Å². The smallest absolute Gasteiger partial charge is 0.220 e. The van der Waals surface area contributed by atoms with E-state index in [2.05, 4.69) is 20.2 Å². The average molecular weight is 248 g/mol. The van der Waals surface area contributed by atoms with E-state index in [0.29, 0.717) is 12.3 Å². The van der Waals surface area contributed by atoms with Crippen molar-refractivity contribution >= 4 is 5.91 Å². The standard InChI is InChI=1S/C13H20N4O/c1-10-6-16-12(7-15-10)9-17-4-3-11(8-17)5-13(18)14-2/h6-7,11H,3-5,8-9H2,1-2H3,(H,14,18)/t11-/m1/s1. The van der Waals surface area contributed by atoms with Crippen molar-refractivity contribution < 1.29 is 4.79 Å². The topological polar surface area (TPSA) is 58.1 Å². The van der Waals surface area contributed by atoms with Crippen molar-refractivity contribution in [1.29, 1.82) is 0 Å². The zero-order valence-corrected chi connectivity index (χ0v) is 11.0. The predicted molar refractivity (Wildman–Crippen MR) is 68.8 cm³/mol. The summed E-state index contributed by atoms with van der Waals surface area (Å²) in [5.41, 5.74) is 1.94. The van der Waals surface area contributed by atoms with Crippen LogP contribution in [0.1, 0.15) is 24.2 Å². The monoisotopic (exact) mass is 248 g/mol. The van der Waals surface area contributed by atoms with Crippen LogP contribution in [0.25, 0.3) is 0 Å². The molecule has 0 aliphatic carbocycles. The maximum atomic E-state index is 11.3. The zero-order valence-electron chi connectivity index (χ0n) is 11.0. The van der Waals surface area contributed by atoms with E-state index in [1.165, 1.54) is 0 Å². The van der Waals surface area contributed by atoms with Crippen molar-refractivity contribution in [2.24, 2.45) is 5.92 Å². The van der Waals surface area contributed by atoms with Crippen LogP contribution in [-0.2, 0) is 11.3 Å². The molecule has 0 aromatic carbocycles. The molecule has 0 saturated carbocycles. The van der Waals surface area contributed by atoms with Gasteiger partial charge in [-0.15, -0.1) is 0 Å². The summed E-state index contributed by atoms with van der Waals surface area (Å²) in [5, 5.41) is 2.68. The van der Waals surface area contributed by atoms with Gasteiger partial charge >= 0.3 is 0 Å². The van der Waals surface area contributed by atoms with Gasteiger partial charge in [0.2, 0.25) is 5.91 Å². The summed E-state index contributed by atoms with van der Waals surface area (Å²) in [6.07, 6.45) is 5.36. The molecule has 0 unspecified atom stereocenters. The third-order valence-corrected chi connectivity index (χ3v) is 3.34. The van der Waals surface area contributed by atoms with Gasteiger partial charge in [0.25, 0.3) is 0 Å². The van der Waals surface area contributed by atoms with E-state index in [-0.39, 0.29) is 5.91 Å². The number of rotatable bonds is 4. The number of nitrogens with zero attached hydrogens (tertiary/aromatic N) is 3. The van der Waals surface area contributed by atoms with Gasteiger partial charge in [-0.1, -0.05) is 0 Å². The summed E-state index contributed by atoms with van der Waals surface area (Å²) in [4.78, 5) is 22.3. The fourth-order valence-electron chi connectivity index (χ4n) is 2.32. The van der Waals surface area contributed by atoms with Crippen LogP contribution in [0.3, 0.4) is 0 Å². The number of nitrogens with one attached hydrogen (secondary N) is 1. The second-order valence-electron chi connectivity index (χ2n) is 4.92. The van der Waals surface area contributed by atoms with Gasteiger partial charge < -0.3 is 5.32 Å². The summed E-state index contributed by atoms with van der Waals surface area (Å²) < 4.78 is 0. The van der Waals surface area contributed by atoms with Crippen molar-refractivity contribution in [3.63, 3.8) is 0 Å². The lowest BCUT2D eigenvalue weighted by Gasteiger charge is -2.15. The molecule has 1 aliphatic heterocycles. The minimum atomic E-state index is 0.136. The lowest BCUT2D eigenvalue weighted by atomic mass is 10.1. The van der Waals surface area contributed by atoms with E-state index in [4.69, 9.17) is 0 Å². The van der Waals surface area contributed by atoms with Crippen LogP contribution < -0.4 is 5.32 Å². The van der Waals surface area contributed by atoms with Crippen molar-refractivity contribution in [3.8, 4) is 0 Å². The Balaban J connectivity index is 1.82. The molecule has 5 nitrogen and oxygen atoms in total. The number of hydrogen-bond acceptors (Lipinski definition) is 4. The maximum Gasteiger partial charge on any atom is 0.220 e. The quantitative estimate of drug-likeness (QED) is 0.854. The van der Waals surface area contributed by atoms with Gasteiger partial charge in [0.15, 0.2) is 0 Å². The zero-order chi connectivity index (χ0) is 13.0. The van der Waals surface area contributed by atoms with Crippen LogP contribution >= 0.6 is 0 Å². The molecule has 0 radical (unpaired) electrons. The van der Waals surface area contributed by atoms with Gasteiger partial charge in [-0.3, -0.25) is 19.7 Å². The summed E-state index contributed by atoms with van der Waals surface area (Å²) in [6.45, 7) is 4.78. The summed E-state index contributed by atoms with van der Waals surface area (Å²) >= 11 is 0. The van der Waals surface area contributed by atoms with Crippen LogP contribution in [0.5, 0.6) is 0 Å². The third-order valence-electron chi connectivity index (χ3n) is 3.34. The van der Waals surface area contributed by atoms with Gasteiger partial charge in [0, 0.05) is 39.0 Å². The molecule has 1 atom stereocenters. The summed E-state index contributed by atoms with van der Waals surface area (Å²) in [6, 6.07) is 0. The SMILES string of the molecule is CNC(=O)C[C@H]1CCN(Cc2cnc(C)cn2)C1. The van der Waals surface area contributed by atoms with E-state index in [1.54, 1.807) is 13.2 Å². The number of carbonyl (C=O) groups excluding carboxylic acids is 1. The molecule has 1 N–H and O–H groups in total. The number of aromatic nitrogens is 2. The van der Waals surface area contributed by atoms with Crippen LogP contribution in [0.4, 0.5) is 0 Å². The normalized spacial score (nSPS) is 20.0. The van der Waals surface area contributed by atoms with Gasteiger partial charge in [-0.05, 0) is 25.8 Å². The third kappa shape index (κ3) is 3.50. The van der Waals surface area contributed by atoms with Crippen molar-refractivity contribution in [3.05, 3.63) is 23.8 Å². The van der Waals surface area contributed by atoms with E-state index in [9.17, 15) is 4.79 Å². The second kappa shape index (κ2) is 5.91. The molecule has 98 valence electrons. The molecule has 18 heavy (non-hydrogen) atoms. The van der Waals surface area contributed by atoms with Crippen molar-refractivity contribution in [2.75, 3.05) is 20.1 Å². The Hall–Kier alpha value is -1.49. The first-order valence-corrected chi connectivity index (χ1v) is 6.38. The van der Waals surface area contributed by atoms with Crippen LogP contribution in [0.2, 0.25) is 0 Å². The van der Waals surface area contributed by atoms with Gasteiger partial charge in [-0.25, -0.2) is 0 Å². The van der Waals surface area contributed by atoms with Gasteiger partial charge in [0.05, 0.1) is 11.4 Å². The van der Waals surface area contributed by atoms with Crippen LogP contribution in [-0.4, -0.2) is 40.9 Å². The number of aryl methyl sites for hydroxylation is 1. The highest BCUT2D eigenvalue weighted by atomic mass is 16.1. The molecular formula is C13H20N4O. The largest absolute Gasteiger partial charge is 0.359 e. The summed E-state index contributed by atoms with van der Waals surface area (Å²) in [5.74, 6) is 0.611. The molecule has 1 aliphatic rings. The summed E-state index contributed by atoms with van der Waals surface area (Å²) in [7, 11) is 1.69. The maximum absolute atomic E-state index is 11.3. The minimum absolute atomic E-state index is 0.136. The Bertz CT molecular complexity index is 404. The number of hydrogen-bond donors (Lipinski definition) is 1. The Morgan fingerprint density at radius 3 is 3.00 bits per heavy atom. The Morgan fingerprint density at radius 1 is 1.50 bits per heavy atom. The predicted octanol–water partition coefficient (Wildman–Crippen LogP) is 0.743. The Labute approximate surface area is 108 Å². The highest BCUT2D eigenvalue weighted by molar-refractivity contribution is 5.75. The fourth-order valence-corrected chi connectivity index (χ4v) is 2.32. The number of carbonyl (C=O) groups is 1. The highest BCUT2D eigenvalue weighted by Crippen LogP contribution is 2.20. The Morgan fingerprint density at radius 2 is 2.33 bits per heavy atom. The van der Waals surface area contributed by atoms with Gasteiger partial charge in [-0.2, -0.15) is 0 Å². The number of likely N-dealkylation sites (tertiary alicyclic amines) is 1. The molecule has 5 heteroatoms. The first-order chi connectivity index (χ1) is 8.67. The van der Waals surface area contributed by atoms with Crippen molar-refractivity contribution in [2.45, 2.75) is 26.3 Å². The Kier molecular flexibility index (Phi) is 4.25. The minimum Gasteiger partial charge on any atom is -0.359 e. The van der Waals surface area contributed by atoms with Crippen molar-refractivity contribution in [1.82, 2.24) is 20.2 Å². The molecule has 1 aromatic heterocycles. The first kappa shape index (κ1) is 13.0. The molecule has 0 spiro atoms. The lowest BCUT2D eigenvalue weighted by Crippen LogP contribution is -2.24. The second-order valence-corrected chi connectivity index (χ2v) is 4.92. The molecule has 2 rings (SSSR count). The number of amides is 1. The van der Waals surface area contributed by atoms with E-state index < -0.39 is 0 Å². The molecule has 2 heterocycles. The molecule has 0 bridgehead atoms. The molecule has 1 aromatic rings. The molecule has 1 amide bonds. The van der Waals surface area contributed by atoms with Crippen LogP contribution in [0.15, 0.2) is 12.4 Å². The first-order valence-electron chi connectivity index (χ1n) is 6.38. The van der Waals surface area contributed by atoms with Gasteiger partial charge in [0.1, 0.15) is 0 Å². The van der Waals surface area contributed by atoms with Crippen LogP contribution in [0, 0.1) is 12.8 Å². The lowest BCUT2D eigenvalue weighted by molar-refractivity contribution is -0.121. The molecule has 1 fully saturated rings. The fraction of sp³-hybridized carbons (Fsp3) is 0.615. The highest BCUT2D eigenvalue weighted by Gasteiger charge is 2.24. The molecular weight excluding hydrogens is 228 g/mol. The molecule has 1 saturated heterocycles. The average Bonchev–Trinajstić information content (AvgIpc) is 2.79. The van der Waals surface area contributed by atoms with E-state index in [1.807, 2.05) is 13.1 Å².